The lowest BCUT2D eigenvalue weighted by Crippen LogP contribution is -2.16. The van der Waals surface area contributed by atoms with E-state index in [1.807, 2.05) is 6.92 Å². The van der Waals surface area contributed by atoms with Crippen molar-refractivity contribution in [3.8, 4) is 0 Å². The van der Waals surface area contributed by atoms with Gasteiger partial charge in [-0.2, -0.15) is 0 Å². The van der Waals surface area contributed by atoms with Gasteiger partial charge in [0.25, 0.3) is 0 Å². The summed E-state index contributed by atoms with van der Waals surface area (Å²) in [6.07, 6.45) is 3.92. The molecule has 1 aromatic rings. The van der Waals surface area contributed by atoms with Crippen molar-refractivity contribution in [2.45, 2.75) is 59.0 Å². The summed E-state index contributed by atoms with van der Waals surface area (Å²) in [5.74, 6) is 2.13. The molecule has 0 aliphatic rings. The molecule has 1 unspecified atom stereocenters. The van der Waals surface area contributed by atoms with Crippen LogP contribution >= 0.6 is 0 Å². The predicted octanol–water partition coefficient (Wildman–Crippen LogP) is 2.99. The van der Waals surface area contributed by atoms with E-state index in [1.54, 1.807) is 6.33 Å². The summed E-state index contributed by atoms with van der Waals surface area (Å²) >= 11 is 0. The summed E-state index contributed by atoms with van der Waals surface area (Å²) in [6, 6.07) is 0. The molecule has 0 radical (unpaired) electrons. The van der Waals surface area contributed by atoms with Crippen molar-refractivity contribution in [2.24, 2.45) is 0 Å². The first-order valence-electron chi connectivity index (χ1n) is 7.60. The van der Waals surface area contributed by atoms with Crippen molar-refractivity contribution < 1.29 is 5.11 Å². The first-order valence-corrected chi connectivity index (χ1v) is 7.60. The Kier molecular flexibility index (Phi) is 7.30. The first kappa shape index (κ1) is 16.7. The third kappa shape index (κ3) is 4.96. The molecule has 3 N–H and O–H groups in total. The summed E-state index contributed by atoms with van der Waals surface area (Å²) in [4.78, 5) is 8.69. The second-order valence-corrected chi connectivity index (χ2v) is 5.34. The maximum absolute atomic E-state index is 9.60. The maximum atomic E-state index is 9.60. The molecule has 0 aliphatic carbocycles. The molecule has 0 aliphatic heterocycles. The Morgan fingerprint density at radius 3 is 2.20 bits per heavy atom. The zero-order valence-electron chi connectivity index (χ0n) is 13.1. The largest absolute Gasteiger partial charge is 0.393 e. The van der Waals surface area contributed by atoms with E-state index in [0.717, 1.165) is 49.6 Å². The van der Waals surface area contributed by atoms with Gasteiger partial charge in [-0.15, -0.1) is 0 Å². The highest BCUT2D eigenvalue weighted by molar-refractivity contribution is 5.58. The summed E-state index contributed by atoms with van der Waals surface area (Å²) in [7, 11) is 0. The Bertz CT molecular complexity index is 395. The molecule has 1 aromatic heterocycles. The number of aromatic nitrogens is 2. The molecule has 1 atom stereocenters. The molecule has 0 bridgehead atoms. The van der Waals surface area contributed by atoms with Crippen molar-refractivity contribution in [2.75, 3.05) is 23.7 Å². The molecule has 20 heavy (non-hydrogen) atoms. The van der Waals surface area contributed by atoms with Crippen LogP contribution in [0.25, 0.3) is 0 Å². The van der Waals surface area contributed by atoms with Crippen molar-refractivity contribution in [1.29, 1.82) is 0 Å². The minimum atomic E-state index is -0.246. The van der Waals surface area contributed by atoms with Gasteiger partial charge in [-0.1, -0.05) is 27.7 Å². The van der Waals surface area contributed by atoms with Crippen LogP contribution in [0.15, 0.2) is 6.33 Å². The van der Waals surface area contributed by atoms with Crippen LogP contribution in [0.1, 0.15) is 58.4 Å². The van der Waals surface area contributed by atoms with E-state index in [0.29, 0.717) is 5.92 Å². The molecule has 5 nitrogen and oxygen atoms in total. The third-order valence-electron chi connectivity index (χ3n) is 3.24. The second kappa shape index (κ2) is 8.74. The number of nitrogens with one attached hydrogen (secondary N) is 2. The molecule has 0 amide bonds. The van der Waals surface area contributed by atoms with Gasteiger partial charge in [-0.3, -0.25) is 0 Å². The highest BCUT2D eigenvalue weighted by Crippen LogP contribution is 2.28. The smallest absolute Gasteiger partial charge is 0.134 e. The number of nitrogens with zero attached hydrogens (tertiary/aromatic N) is 2. The van der Waals surface area contributed by atoms with Crippen molar-refractivity contribution in [3.05, 3.63) is 11.9 Å². The summed E-state index contributed by atoms with van der Waals surface area (Å²) < 4.78 is 0. The van der Waals surface area contributed by atoms with Crippen LogP contribution in [-0.2, 0) is 0 Å². The van der Waals surface area contributed by atoms with Crippen molar-refractivity contribution in [3.63, 3.8) is 0 Å². The number of anilines is 2. The Morgan fingerprint density at radius 2 is 1.70 bits per heavy atom. The summed E-state index contributed by atoms with van der Waals surface area (Å²) in [6.45, 7) is 10.0. The van der Waals surface area contributed by atoms with Gasteiger partial charge in [0.1, 0.15) is 18.0 Å². The molecule has 1 heterocycles. The van der Waals surface area contributed by atoms with E-state index >= 15 is 0 Å². The summed E-state index contributed by atoms with van der Waals surface area (Å²) in [5, 5.41) is 16.3. The highest BCUT2D eigenvalue weighted by atomic mass is 16.3. The average molecular weight is 280 g/mol. The van der Waals surface area contributed by atoms with E-state index in [2.05, 4.69) is 41.4 Å². The van der Waals surface area contributed by atoms with Crippen LogP contribution < -0.4 is 10.6 Å². The van der Waals surface area contributed by atoms with Gasteiger partial charge in [0.2, 0.25) is 0 Å². The minimum absolute atomic E-state index is 0.246. The van der Waals surface area contributed by atoms with Crippen LogP contribution in [0.5, 0.6) is 0 Å². The predicted molar refractivity (Wildman–Crippen MR) is 84.3 cm³/mol. The number of rotatable bonds is 9. The monoisotopic (exact) mass is 280 g/mol. The maximum Gasteiger partial charge on any atom is 0.134 e. The van der Waals surface area contributed by atoms with Crippen LogP contribution in [0.3, 0.4) is 0 Å². The number of hydrogen-bond acceptors (Lipinski definition) is 5. The lowest BCUT2D eigenvalue weighted by Gasteiger charge is -2.18. The number of aliphatic hydroxyl groups is 1. The fourth-order valence-corrected chi connectivity index (χ4v) is 2.03. The standard InChI is InChI=1S/C15H28N4O/c1-5-8-16-14-13(11(3)4)15(19-10-18-14)17-9-7-12(20)6-2/h10-12,20H,5-9H2,1-4H3,(H2,16,17,18,19). The van der Waals surface area contributed by atoms with Crippen LogP contribution in [0.2, 0.25) is 0 Å². The second-order valence-electron chi connectivity index (χ2n) is 5.34. The molecular weight excluding hydrogens is 252 g/mol. The van der Waals surface area contributed by atoms with Gasteiger partial charge in [0, 0.05) is 18.7 Å². The van der Waals surface area contributed by atoms with Gasteiger partial charge in [0.05, 0.1) is 6.10 Å². The normalized spacial score (nSPS) is 12.5. The Morgan fingerprint density at radius 1 is 1.10 bits per heavy atom. The Balaban J connectivity index is 2.78. The van der Waals surface area contributed by atoms with Crippen LogP contribution in [0, 0.1) is 0 Å². The Hall–Kier alpha value is -1.36. The average Bonchev–Trinajstić information content (AvgIpc) is 2.44. The van der Waals surface area contributed by atoms with E-state index in [1.165, 1.54) is 0 Å². The van der Waals surface area contributed by atoms with Gasteiger partial charge < -0.3 is 15.7 Å². The minimum Gasteiger partial charge on any atom is -0.393 e. The topological polar surface area (TPSA) is 70.1 Å². The van der Waals surface area contributed by atoms with Gasteiger partial charge in [0.15, 0.2) is 0 Å². The third-order valence-corrected chi connectivity index (χ3v) is 3.24. The molecule has 0 spiro atoms. The fourth-order valence-electron chi connectivity index (χ4n) is 2.03. The van der Waals surface area contributed by atoms with Crippen LogP contribution in [-0.4, -0.2) is 34.3 Å². The lowest BCUT2D eigenvalue weighted by atomic mass is 10.0. The quantitative estimate of drug-likeness (QED) is 0.648. The molecule has 114 valence electrons. The number of hydrogen-bond donors (Lipinski definition) is 3. The molecule has 0 aromatic carbocycles. The fraction of sp³-hybridized carbons (Fsp3) is 0.733. The van der Waals surface area contributed by atoms with Gasteiger partial charge in [-0.25, -0.2) is 9.97 Å². The van der Waals surface area contributed by atoms with E-state index < -0.39 is 0 Å². The molecule has 0 saturated heterocycles. The molecule has 0 saturated carbocycles. The SMILES string of the molecule is CCCNc1ncnc(NCCC(O)CC)c1C(C)C. The molecule has 5 heteroatoms. The highest BCUT2D eigenvalue weighted by Gasteiger charge is 2.14. The zero-order valence-corrected chi connectivity index (χ0v) is 13.1. The Labute approximate surface area is 122 Å². The first-order chi connectivity index (χ1) is 9.60. The molecular formula is C15H28N4O. The molecule has 0 fully saturated rings. The molecule has 1 rings (SSSR count). The van der Waals surface area contributed by atoms with E-state index in [4.69, 9.17) is 0 Å². The van der Waals surface area contributed by atoms with E-state index in [9.17, 15) is 5.11 Å². The zero-order chi connectivity index (χ0) is 15.0. The number of aliphatic hydroxyl groups excluding tert-OH is 1. The van der Waals surface area contributed by atoms with Gasteiger partial charge in [-0.05, 0) is 25.2 Å². The lowest BCUT2D eigenvalue weighted by molar-refractivity contribution is 0.164. The van der Waals surface area contributed by atoms with Gasteiger partial charge >= 0.3 is 0 Å². The van der Waals surface area contributed by atoms with Crippen molar-refractivity contribution in [1.82, 2.24) is 9.97 Å². The van der Waals surface area contributed by atoms with Crippen LogP contribution in [0.4, 0.5) is 11.6 Å². The summed E-state index contributed by atoms with van der Waals surface area (Å²) in [5.41, 5.74) is 1.12. The van der Waals surface area contributed by atoms with Crippen molar-refractivity contribution >= 4 is 11.6 Å². The van der Waals surface area contributed by atoms with E-state index in [-0.39, 0.29) is 6.10 Å².